The van der Waals surface area contributed by atoms with Gasteiger partial charge in [0.05, 0.1) is 32.2 Å². The second-order valence-electron chi connectivity index (χ2n) is 5.86. The number of nitrogens with one attached hydrogen (secondary N) is 1. The van der Waals surface area contributed by atoms with E-state index in [4.69, 9.17) is 5.73 Å². The summed E-state index contributed by atoms with van der Waals surface area (Å²) < 4.78 is 26.2. The smallest absolute Gasteiger partial charge is 0.259 e. The van der Waals surface area contributed by atoms with Crippen LogP contribution in [0.2, 0.25) is 0 Å². The summed E-state index contributed by atoms with van der Waals surface area (Å²) in [5, 5.41) is 3.93. The second kappa shape index (κ2) is 6.29. The quantitative estimate of drug-likeness (QED) is 0.734. The fraction of sp³-hybridized carbons (Fsp3) is 0.500. The molecule has 1 aliphatic heterocycles. The minimum atomic E-state index is -2.88. The van der Waals surface area contributed by atoms with Gasteiger partial charge in [-0.05, 0) is 34.8 Å². The molecule has 0 aliphatic carbocycles. The Labute approximate surface area is 146 Å². The Balaban J connectivity index is 1.82. The number of hydrogen-bond acceptors (Lipinski definition) is 6. The van der Waals surface area contributed by atoms with Gasteiger partial charge < -0.3 is 10.3 Å². The highest BCUT2D eigenvalue weighted by Crippen LogP contribution is 2.32. The van der Waals surface area contributed by atoms with Gasteiger partial charge >= 0.3 is 0 Å². The molecule has 1 atom stereocenters. The molecule has 0 spiro atoms. The first kappa shape index (κ1) is 17.1. The Bertz CT molecular complexity index is 890. The van der Waals surface area contributed by atoms with Crippen molar-refractivity contribution in [3.8, 4) is 0 Å². The van der Waals surface area contributed by atoms with Crippen LogP contribution in [0.1, 0.15) is 23.9 Å². The number of halogens is 1. The van der Waals surface area contributed by atoms with E-state index in [-0.39, 0.29) is 23.1 Å². The van der Waals surface area contributed by atoms with Gasteiger partial charge in [0, 0.05) is 24.2 Å². The van der Waals surface area contributed by atoms with E-state index in [0.717, 1.165) is 14.0 Å². The number of thiophene rings is 1. The number of aryl methyl sites for hydroxylation is 1. The topological polar surface area (TPSA) is 94.2 Å². The lowest BCUT2D eigenvalue weighted by molar-refractivity contribution is 0.414. The van der Waals surface area contributed by atoms with Crippen molar-refractivity contribution in [2.24, 2.45) is 12.8 Å². The molecular formula is C14H18BrN3O3S2. The van der Waals surface area contributed by atoms with Crippen LogP contribution >= 0.6 is 27.3 Å². The van der Waals surface area contributed by atoms with Crippen molar-refractivity contribution in [1.82, 2.24) is 9.88 Å². The molecule has 0 amide bonds. The van der Waals surface area contributed by atoms with Gasteiger partial charge in [0.2, 0.25) is 0 Å². The molecule has 1 aliphatic rings. The molecule has 2 aromatic rings. The number of sulfone groups is 1. The summed E-state index contributed by atoms with van der Waals surface area (Å²) in [7, 11) is -1.17. The molecule has 3 rings (SSSR count). The molecule has 2 aromatic heterocycles. The van der Waals surface area contributed by atoms with Crippen LogP contribution in [0.25, 0.3) is 10.1 Å². The third-order valence-electron chi connectivity index (χ3n) is 4.10. The van der Waals surface area contributed by atoms with Crippen molar-refractivity contribution in [3.05, 3.63) is 32.0 Å². The van der Waals surface area contributed by atoms with Crippen LogP contribution in [0.3, 0.4) is 0 Å². The number of nitrogens with zero attached hydrogens (tertiary/aromatic N) is 1. The third kappa shape index (κ3) is 3.53. The number of aromatic nitrogens is 1. The van der Waals surface area contributed by atoms with Gasteiger partial charge in [-0.25, -0.2) is 8.42 Å². The molecule has 6 nitrogen and oxygen atoms in total. The van der Waals surface area contributed by atoms with Crippen molar-refractivity contribution >= 4 is 47.2 Å². The lowest BCUT2D eigenvalue weighted by Gasteiger charge is -2.26. The highest BCUT2D eigenvalue weighted by Gasteiger charge is 2.25. The Kier molecular flexibility index (Phi) is 4.67. The largest absolute Gasteiger partial charge is 0.317 e. The SMILES string of the molecule is Cn1cc(Br)c2sc(C(N)NC3CCS(=O)(=O)CC3)cc2c1=O. The van der Waals surface area contributed by atoms with E-state index in [1.165, 1.54) is 15.9 Å². The minimum Gasteiger partial charge on any atom is -0.317 e. The van der Waals surface area contributed by atoms with Crippen molar-refractivity contribution in [3.63, 3.8) is 0 Å². The molecule has 1 unspecified atom stereocenters. The number of hydrogen-bond donors (Lipinski definition) is 2. The lowest BCUT2D eigenvalue weighted by atomic mass is 10.1. The van der Waals surface area contributed by atoms with Gasteiger partial charge in [0.25, 0.3) is 5.56 Å². The van der Waals surface area contributed by atoms with E-state index in [1.807, 2.05) is 6.07 Å². The van der Waals surface area contributed by atoms with E-state index in [9.17, 15) is 13.2 Å². The summed E-state index contributed by atoms with van der Waals surface area (Å²) in [6.07, 6.45) is 2.49. The predicted molar refractivity (Wildman–Crippen MR) is 96.5 cm³/mol. The van der Waals surface area contributed by atoms with E-state index < -0.39 is 16.0 Å². The Hall–Kier alpha value is -0.740. The van der Waals surface area contributed by atoms with Crippen LogP contribution < -0.4 is 16.6 Å². The molecule has 3 heterocycles. The number of pyridine rings is 1. The van der Waals surface area contributed by atoms with Crippen LogP contribution in [-0.2, 0) is 16.9 Å². The second-order valence-corrected chi connectivity index (χ2v) is 10.1. The first-order chi connectivity index (χ1) is 10.8. The molecular weight excluding hydrogens is 402 g/mol. The zero-order chi connectivity index (χ0) is 16.8. The molecule has 126 valence electrons. The predicted octanol–water partition coefficient (Wildman–Crippen LogP) is 1.49. The number of nitrogens with two attached hydrogens (primary N) is 1. The Morgan fingerprint density at radius 3 is 2.74 bits per heavy atom. The van der Waals surface area contributed by atoms with Crippen LogP contribution in [0, 0.1) is 0 Å². The van der Waals surface area contributed by atoms with Crippen molar-refractivity contribution in [2.75, 3.05) is 11.5 Å². The molecule has 9 heteroatoms. The fourth-order valence-electron chi connectivity index (χ4n) is 2.77. The zero-order valence-corrected chi connectivity index (χ0v) is 15.8. The number of fused-ring (bicyclic) bond motifs is 1. The van der Waals surface area contributed by atoms with E-state index in [0.29, 0.717) is 18.2 Å². The van der Waals surface area contributed by atoms with E-state index in [1.54, 1.807) is 13.2 Å². The molecule has 0 saturated carbocycles. The van der Waals surface area contributed by atoms with Crippen molar-refractivity contribution in [2.45, 2.75) is 25.0 Å². The normalized spacial score (nSPS) is 20.0. The number of rotatable bonds is 3. The Morgan fingerprint density at radius 2 is 2.09 bits per heavy atom. The van der Waals surface area contributed by atoms with Gasteiger partial charge in [-0.3, -0.25) is 10.1 Å². The molecule has 0 radical (unpaired) electrons. The minimum absolute atomic E-state index is 0.0540. The standard InChI is InChI=1S/C14H18BrN3O3S2/c1-18-7-10(15)12-9(14(18)19)6-11(22-12)13(16)17-8-2-4-23(20,21)5-3-8/h6-8,13,17H,2-5,16H2,1H3. The molecule has 3 N–H and O–H groups in total. The summed E-state index contributed by atoms with van der Waals surface area (Å²) in [5.74, 6) is 0.409. The maximum atomic E-state index is 12.2. The summed E-state index contributed by atoms with van der Waals surface area (Å²) >= 11 is 4.96. The van der Waals surface area contributed by atoms with Crippen LogP contribution in [0.15, 0.2) is 21.5 Å². The van der Waals surface area contributed by atoms with Gasteiger partial charge in [0.15, 0.2) is 0 Å². The maximum absolute atomic E-state index is 12.2. The Morgan fingerprint density at radius 1 is 1.43 bits per heavy atom. The fourth-order valence-corrected chi connectivity index (χ4v) is 6.04. The lowest BCUT2D eigenvalue weighted by Crippen LogP contribution is -2.42. The van der Waals surface area contributed by atoms with Crippen molar-refractivity contribution in [1.29, 1.82) is 0 Å². The van der Waals surface area contributed by atoms with Crippen molar-refractivity contribution < 1.29 is 8.42 Å². The summed E-state index contributed by atoms with van der Waals surface area (Å²) in [5.41, 5.74) is 6.17. The summed E-state index contributed by atoms with van der Waals surface area (Å²) in [6.45, 7) is 0. The highest BCUT2D eigenvalue weighted by molar-refractivity contribution is 9.10. The van der Waals surface area contributed by atoms with Crippen LogP contribution in [0.4, 0.5) is 0 Å². The zero-order valence-electron chi connectivity index (χ0n) is 12.6. The molecule has 0 aromatic carbocycles. The first-order valence-electron chi connectivity index (χ1n) is 7.27. The summed E-state index contributed by atoms with van der Waals surface area (Å²) in [4.78, 5) is 13.1. The summed E-state index contributed by atoms with van der Waals surface area (Å²) in [6, 6.07) is 1.91. The van der Waals surface area contributed by atoms with Gasteiger partial charge in [0.1, 0.15) is 9.84 Å². The van der Waals surface area contributed by atoms with Crippen LogP contribution in [-0.4, -0.2) is 30.5 Å². The van der Waals surface area contributed by atoms with E-state index >= 15 is 0 Å². The van der Waals surface area contributed by atoms with Gasteiger partial charge in [-0.1, -0.05) is 0 Å². The van der Waals surface area contributed by atoms with Gasteiger partial charge in [-0.15, -0.1) is 11.3 Å². The van der Waals surface area contributed by atoms with Crippen LogP contribution in [0.5, 0.6) is 0 Å². The molecule has 0 bridgehead atoms. The molecule has 23 heavy (non-hydrogen) atoms. The molecule has 1 saturated heterocycles. The maximum Gasteiger partial charge on any atom is 0.259 e. The molecule has 1 fully saturated rings. The average molecular weight is 420 g/mol. The monoisotopic (exact) mass is 419 g/mol. The third-order valence-corrected chi connectivity index (χ3v) is 7.93. The average Bonchev–Trinajstić information content (AvgIpc) is 2.93. The van der Waals surface area contributed by atoms with E-state index in [2.05, 4.69) is 21.2 Å². The first-order valence-corrected chi connectivity index (χ1v) is 10.7. The van der Waals surface area contributed by atoms with Gasteiger partial charge in [-0.2, -0.15) is 0 Å². The highest BCUT2D eigenvalue weighted by atomic mass is 79.9.